The second-order valence-electron chi connectivity index (χ2n) is 34.7. The minimum Gasteiger partial charge on any atom is -0.870 e. The van der Waals surface area contributed by atoms with E-state index in [-0.39, 0.29) is 134 Å². The molecule has 0 aliphatic carbocycles. The molecule has 780 valence electrons. The summed E-state index contributed by atoms with van der Waals surface area (Å²) in [5.74, 6) is 0.707. The summed E-state index contributed by atoms with van der Waals surface area (Å²) in [5.41, 5.74) is 15.4. The monoisotopic (exact) mass is 2220 g/mol. The molecule has 0 bridgehead atoms. The number of rotatable bonds is 27. The molecule has 0 spiro atoms. The molecule has 13 aromatic rings. The van der Waals surface area contributed by atoms with Crippen molar-refractivity contribution in [2.45, 2.75) is 200 Å². The number of pyridine rings is 4. The molecule has 7 N–H and O–H groups in total. The number of benzene rings is 6. The van der Waals surface area contributed by atoms with Crippen LogP contribution in [0.2, 0.25) is 0 Å². The number of esters is 3. The van der Waals surface area contributed by atoms with Gasteiger partial charge in [-0.2, -0.15) is 52.7 Å². The summed E-state index contributed by atoms with van der Waals surface area (Å²) in [4.78, 5) is 74.5. The number of aromatic nitrogens is 4. The van der Waals surface area contributed by atoms with E-state index < -0.39 is 96.3 Å². The topological polar surface area (TPSA) is 375 Å². The summed E-state index contributed by atoms with van der Waals surface area (Å²) in [6.07, 6.45) is -11.0. The third-order valence-corrected chi connectivity index (χ3v) is 22.0. The maximum atomic E-state index is 14.0. The fraction of sp³-hybridized carbons (Fsp3) is 0.337. The van der Waals surface area contributed by atoms with Crippen molar-refractivity contribution < 1.29 is 172 Å². The molecule has 146 heavy (non-hydrogen) atoms. The van der Waals surface area contributed by atoms with Gasteiger partial charge in [0, 0.05) is 83.2 Å². The number of halogens is 16. The Morgan fingerprint density at radius 2 is 0.712 bits per heavy atom. The fourth-order valence-corrected chi connectivity index (χ4v) is 14.5. The van der Waals surface area contributed by atoms with Gasteiger partial charge in [0.05, 0.1) is 91.9 Å². The van der Waals surface area contributed by atoms with Crippen LogP contribution in [0.4, 0.5) is 62.3 Å². The Kier molecular flexibility index (Phi) is 45.4. The van der Waals surface area contributed by atoms with Gasteiger partial charge in [-0.15, -0.1) is 24.8 Å². The first-order valence-electron chi connectivity index (χ1n) is 44.1. The Morgan fingerprint density at radius 3 is 1.05 bits per heavy atom. The zero-order valence-electron chi connectivity index (χ0n) is 81.4. The molecule has 2 amide bonds. The van der Waals surface area contributed by atoms with E-state index in [0.29, 0.717) is 102 Å². The standard InChI is InChI=1S/C31H31F3N2O6.C26H23F3N2O4.C25H29BO6.C12H14BrF3N2O2.C7H6BrF3N2.2ClH.Na.H2O/c1-5-39-26(37)17-21-8-6-7-9-25(21)41-18-19-14-22-11-13-40-27(22)23(15-19)20-10-12-35-24(16-20)28(31(32,33)34)36-29(38)42-30(2,3)4;1-2-33-23(32)14-18-5-3-4-6-22(18)35-15-16-11-19-8-10-34-24(19)20(12-16)17-7-9-31-21(13-17)25(30)26(27,28)29;1-6-28-22(27)15-18-9-7-8-10-21(18)30-16-17-13-19-11-12-29-23(19)20(14-17)26-31-24(2,3)25(4,5)32-26;1-11(2,3)20-10(19)18-9(12(14,15)16)8-6-7(13)4-5-17-8;8-4-1-2-13-5(3-4)6(12)7(9,10)11;;;;/h6-16,28H,5,17-18H2,1-4H3,(H,36,38);3-13,25H,2,14-15,30H2,1H3;7-14H,6,15-16H2,1-5H3;4-6,9H,1-3H3,(H,18,19);1-3,6H,12H2;2*1H;;1H2/q;;;;;;;+1;/p-1/t28-;25-;;9-;6-;;;;/m11.11..../s1. The van der Waals surface area contributed by atoms with E-state index in [4.69, 9.17) is 71.9 Å². The Bertz CT molecular complexity index is 6490. The Labute approximate surface area is 884 Å². The van der Waals surface area contributed by atoms with Crippen LogP contribution in [0.1, 0.15) is 170 Å². The van der Waals surface area contributed by atoms with Gasteiger partial charge < -0.3 is 88.0 Å². The first kappa shape index (κ1) is 123. The van der Waals surface area contributed by atoms with Gasteiger partial charge in [0.1, 0.15) is 77.1 Å². The summed E-state index contributed by atoms with van der Waals surface area (Å²) in [6.45, 7) is 24.2. The molecule has 27 nitrogen and oxygen atoms in total. The summed E-state index contributed by atoms with van der Waals surface area (Å²) in [7, 11) is -0.537. The largest absolute Gasteiger partial charge is 1.00 e. The molecular formula is C101H106BBr2Cl2F12N8NaO19. The van der Waals surface area contributed by atoms with Gasteiger partial charge in [0.15, 0.2) is 12.1 Å². The van der Waals surface area contributed by atoms with Crippen LogP contribution in [0.5, 0.6) is 17.2 Å². The number of hydrogen-bond acceptors (Lipinski definition) is 25. The van der Waals surface area contributed by atoms with E-state index in [1.807, 2.05) is 93.7 Å². The van der Waals surface area contributed by atoms with Gasteiger partial charge in [-0.05, 0) is 233 Å². The number of carbonyl (C=O) groups is 5. The number of fused-ring (bicyclic) bond motifs is 3. The average molecular weight is 2230 g/mol. The molecule has 0 radical (unpaired) electrons. The van der Waals surface area contributed by atoms with E-state index in [2.05, 4.69) is 51.8 Å². The number of nitrogens with one attached hydrogen (secondary N) is 2. The molecule has 1 fully saturated rings. The third kappa shape index (κ3) is 35.9. The number of hydrogen-bond donors (Lipinski definition) is 4. The fourth-order valence-electron chi connectivity index (χ4n) is 13.8. The van der Waals surface area contributed by atoms with Crippen LogP contribution in [0.25, 0.3) is 55.2 Å². The molecule has 1 saturated heterocycles. The number of furan rings is 3. The van der Waals surface area contributed by atoms with E-state index in [9.17, 15) is 76.7 Å². The second-order valence-corrected chi connectivity index (χ2v) is 36.6. The predicted octanol–water partition coefficient (Wildman–Crippen LogP) is 21.5. The van der Waals surface area contributed by atoms with Crippen LogP contribution >= 0.6 is 56.7 Å². The van der Waals surface area contributed by atoms with E-state index in [1.54, 1.807) is 153 Å². The molecular weight excluding hydrogens is 2120 g/mol. The Morgan fingerprint density at radius 1 is 0.411 bits per heavy atom. The van der Waals surface area contributed by atoms with Crippen LogP contribution < -0.4 is 71.3 Å². The number of ether oxygens (including phenoxy) is 8. The molecule has 1 aliphatic heterocycles. The van der Waals surface area contributed by atoms with Crippen LogP contribution in [0.15, 0.2) is 242 Å². The molecule has 7 aromatic heterocycles. The van der Waals surface area contributed by atoms with Crippen molar-refractivity contribution >= 4 is 132 Å². The molecule has 1 aliphatic rings. The smallest absolute Gasteiger partial charge is 0.870 e. The zero-order chi connectivity index (χ0) is 104. The van der Waals surface area contributed by atoms with Crippen molar-refractivity contribution in [3.63, 3.8) is 0 Å². The third-order valence-electron chi connectivity index (χ3n) is 21.0. The number of alkyl halides is 12. The second kappa shape index (κ2) is 53.9. The normalized spacial score (nSPS) is 13.5. The van der Waals surface area contributed by atoms with E-state index in [1.165, 1.54) is 73.7 Å². The number of carbonyl (C=O) groups excluding carboxylic acids is 5. The van der Waals surface area contributed by atoms with Crippen molar-refractivity contribution in [1.29, 1.82) is 0 Å². The van der Waals surface area contributed by atoms with Crippen LogP contribution in [0.3, 0.4) is 0 Å². The summed E-state index contributed by atoms with van der Waals surface area (Å²) in [5, 5.41) is 6.11. The Hall–Kier alpha value is -11.5. The van der Waals surface area contributed by atoms with Crippen LogP contribution in [0, 0.1) is 0 Å². The predicted molar refractivity (Wildman–Crippen MR) is 527 cm³/mol. The van der Waals surface area contributed by atoms with Gasteiger partial charge in [0.2, 0.25) is 0 Å². The number of para-hydroxylation sites is 3. The zero-order valence-corrected chi connectivity index (χ0v) is 88.2. The van der Waals surface area contributed by atoms with Gasteiger partial charge in [-0.25, -0.2) is 9.59 Å². The van der Waals surface area contributed by atoms with Gasteiger partial charge in [-0.1, -0.05) is 92.5 Å². The maximum absolute atomic E-state index is 14.0. The Balaban J connectivity index is 0.000000289. The number of amides is 2. The van der Waals surface area contributed by atoms with E-state index >= 15 is 0 Å². The van der Waals surface area contributed by atoms with Crippen molar-refractivity contribution in [2.24, 2.45) is 11.5 Å². The molecule has 0 unspecified atom stereocenters. The van der Waals surface area contributed by atoms with Crippen molar-refractivity contribution in [2.75, 3.05) is 19.8 Å². The molecule has 8 heterocycles. The summed E-state index contributed by atoms with van der Waals surface area (Å²) < 4.78 is 230. The molecule has 45 heteroatoms. The SMILES string of the molecule is CC(C)(C)OC(=O)N[C@H](c1cc(Br)ccn1)C(F)(F)F.CCOC(=O)Cc1ccccc1OCc1cc(-c2ccnc([C@@H](N)C(F)(F)F)c2)c2occc2c1.CCOC(=O)Cc1ccccc1OCc1cc(-c2ccnc([C@@H](NC(=O)OC(C)(C)C)C(F)(F)F)c2)c2occc2c1.CCOC(=O)Cc1ccccc1OCc1cc(B2OC(C)(C)C(C)(C)O2)c2occc2c1.Cl.Cl.N[C@H](c1cc(Br)ccn1)C(F)(F)F.[Na+].[OH-]. The van der Waals surface area contributed by atoms with Crippen LogP contribution in [-0.2, 0) is 86.5 Å². The summed E-state index contributed by atoms with van der Waals surface area (Å²) >= 11 is 6.10. The number of nitrogens with two attached hydrogens (primary N) is 2. The molecule has 14 rings (SSSR count). The summed E-state index contributed by atoms with van der Waals surface area (Å²) in [6, 6.07) is 40.8. The quantitative estimate of drug-likeness (QED) is 0.0161. The number of nitrogens with zero attached hydrogens (tertiary/aromatic N) is 4. The van der Waals surface area contributed by atoms with Gasteiger partial charge >= 0.3 is 91.5 Å². The van der Waals surface area contributed by atoms with Gasteiger partial charge in [0.25, 0.3) is 0 Å². The maximum Gasteiger partial charge on any atom is 1.00 e. The van der Waals surface area contributed by atoms with Crippen LogP contribution in [-0.4, -0.2) is 130 Å². The number of alkyl carbamates (subject to hydrolysis) is 2. The van der Waals surface area contributed by atoms with Crippen molar-refractivity contribution in [3.05, 3.63) is 285 Å². The van der Waals surface area contributed by atoms with Crippen molar-refractivity contribution in [3.8, 4) is 39.5 Å². The van der Waals surface area contributed by atoms with E-state index in [0.717, 1.165) is 38.5 Å². The minimum atomic E-state index is -4.84. The molecule has 6 aromatic carbocycles. The van der Waals surface area contributed by atoms with Crippen molar-refractivity contribution in [1.82, 2.24) is 30.6 Å². The first-order valence-corrected chi connectivity index (χ1v) is 45.7. The molecule has 0 saturated carbocycles. The minimum absolute atomic E-state index is 0. The average Bonchev–Trinajstić information content (AvgIpc) is 1.60. The molecule has 4 atom stereocenters. The first-order chi connectivity index (χ1) is 66.7. The van der Waals surface area contributed by atoms with Gasteiger partial charge in [-0.3, -0.25) is 34.3 Å².